The third kappa shape index (κ3) is 3.27. The Bertz CT molecular complexity index is 966. The number of allylic oxidation sites excluding steroid dienone is 3. The molecule has 0 aromatic heterocycles. The molecule has 6 nitrogen and oxygen atoms in total. The van der Waals surface area contributed by atoms with Gasteiger partial charge in [-0.15, -0.1) is 0 Å². The van der Waals surface area contributed by atoms with E-state index in [2.05, 4.69) is 26.8 Å². The third-order valence-electron chi connectivity index (χ3n) is 8.90. The minimum Gasteiger partial charge on any atom is -0.461 e. The lowest BCUT2D eigenvalue weighted by Crippen LogP contribution is -2.47. The smallest absolute Gasteiger partial charge is 0.311 e. The summed E-state index contributed by atoms with van der Waals surface area (Å²) in [6.07, 6.45) is 4.22. The van der Waals surface area contributed by atoms with Crippen LogP contribution < -0.4 is 0 Å². The maximum atomic E-state index is 14.3. The van der Waals surface area contributed by atoms with Crippen LogP contribution in [0.15, 0.2) is 23.3 Å². The van der Waals surface area contributed by atoms with Crippen molar-refractivity contribution in [2.75, 3.05) is 6.61 Å². The normalized spacial score (nSPS) is 41.0. The number of hydrogen-bond acceptors (Lipinski definition) is 6. The van der Waals surface area contributed by atoms with E-state index >= 15 is 0 Å². The van der Waals surface area contributed by atoms with E-state index in [1.807, 2.05) is 13.0 Å². The Labute approximate surface area is 196 Å². The summed E-state index contributed by atoms with van der Waals surface area (Å²) in [5.74, 6) is -1.73. The molecular formula is C27H38O6. The lowest BCUT2D eigenvalue weighted by Gasteiger charge is -2.41. The van der Waals surface area contributed by atoms with E-state index in [4.69, 9.17) is 9.47 Å². The molecule has 4 rings (SSSR count). The molecule has 6 heteroatoms. The SMILES string of the molecule is CC(=O)O[C@@]12CC(C)C34C=C(C)C[C@H]3C(O)C(COC(=O)C(C)(C)C)=C[C@H](C4=O)[C@@H]1C2(C)C. The summed E-state index contributed by atoms with van der Waals surface area (Å²) in [5.41, 5.74) is -0.915. The fourth-order valence-electron chi connectivity index (χ4n) is 7.27. The molecule has 2 fully saturated rings. The summed E-state index contributed by atoms with van der Waals surface area (Å²) in [5, 5.41) is 11.5. The first-order chi connectivity index (χ1) is 15.1. The minimum atomic E-state index is -0.883. The zero-order valence-electron chi connectivity index (χ0n) is 21.2. The van der Waals surface area contributed by atoms with Gasteiger partial charge < -0.3 is 14.6 Å². The van der Waals surface area contributed by atoms with Gasteiger partial charge in [0.1, 0.15) is 12.2 Å². The Kier molecular flexibility index (Phi) is 5.33. The second-order valence-corrected chi connectivity index (χ2v) is 12.4. The van der Waals surface area contributed by atoms with Gasteiger partial charge >= 0.3 is 11.9 Å². The molecule has 33 heavy (non-hydrogen) atoms. The minimum absolute atomic E-state index is 0.0469. The predicted octanol–water partition coefficient (Wildman–Crippen LogP) is 4.01. The third-order valence-corrected chi connectivity index (χ3v) is 8.90. The molecule has 0 aromatic carbocycles. The van der Waals surface area contributed by atoms with Crippen LogP contribution in [0.4, 0.5) is 0 Å². The van der Waals surface area contributed by atoms with E-state index < -0.39 is 28.5 Å². The number of aliphatic hydroxyl groups is 1. The number of fused-ring (bicyclic) bond motifs is 3. The molecule has 0 radical (unpaired) electrons. The Morgan fingerprint density at radius 2 is 1.88 bits per heavy atom. The maximum Gasteiger partial charge on any atom is 0.311 e. The molecule has 1 N–H and O–H groups in total. The molecule has 2 bridgehead atoms. The molecule has 0 aromatic rings. The molecule has 0 saturated heterocycles. The van der Waals surface area contributed by atoms with Crippen LogP contribution in [-0.2, 0) is 23.9 Å². The topological polar surface area (TPSA) is 89.9 Å². The van der Waals surface area contributed by atoms with E-state index in [9.17, 15) is 19.5 Å². The van der Waals surface area contributed by atoms with Gasteiger partial charge in [0.2, 0.25) is 0 Å². The number of carbonyl (C=O) groups excluding carboxylic acids is 3. The fraction of sp³-hybridized carbons (Fsp3) is 0.741. The summed E-state index contributed by atoms with van der Waals surface area (Å²) < 4.78 is 11.6. The van der Waals surface area contributed by atoms with Crippen molar-refractivity contribution in [1.82, 2.24) is 0 Å². The quantitative estimate of drug-likeness (QED) is 0.508. The summed E-state index contributed by atoms with van der Waals surface area (Å²) in [7, 11) is 0. The molecular weight excluding hydrogens is 420 g/mol. The van der Waals surface area contributed by atoms with Crippen molar-refractivity contribution < 1.29 is 29.0 Å². The van der Waals surface area contributed by atoms with Crippen molar-refractivity contribution in [3.05, 3.63) is 23.3 Å². The molecule has 1 spiro atoms. The van der Waals surface area contributed by atoms with E-state index in [0.717, 1.165) is 5.57 Å². The lowest BCUT2D eigenvalue weighted by molar-refractivity contribution is -0.154. The Morgan fingerprint density at radius 1 is 1.24 bits per heavy atom. The van der Waals surface area contributed by atoms with Gasteiger partial charge in [0.05, 0.1) is 16.9 Å². The Hall–Kier alpha value is -1.95. The molecule has 0 amide bonds. The number of carbonyl (C=O) groups is 3. The van der Waals surface area contributed by atoms with Crippen LogP contribution in [0.3, 0.4) is 0 Å². The summed E-state index contributed by atoms with van der Waals surface area (Å²) in [6.45, 7) is 14.9. The van der Waals surface area contributed by atoms with Gasteiger partial charge in [0.15, 0.2) is 5.78 Å². The van der Waals surface area contributed by atoms with Crippen LogP contribution >= 0.6 is 0 Å². The van der Waals surface area contributed by atoms with Crippen LogP contribution in [0.25, 0.3) is 0 Å². The van der Waals surface area contributed by atoms with Crippen molar-refractivity contribution in [3.8, 4) is 0 Å². The van der Waals surface area contributed by atoms with Gasteiger partial charge in [-0.1, -0.05) is 38.5 Å². The summed E-state index contributed by atoms with van der Waals surface area (Å²) in [4.78, 5) is 38.9. The molecule has 0 heterocycles. The number of ketones is 1. The molecule has 4 aliphatic carbocycles. The summed E-state index contributed by atoms with van der Waals surface area (Å²) >= 11 is 0. The van der Waals surface area contributed by atoms with Crippen LogP contribution in [0, 0.1) is 39.9 Å². The first-order valence-electron chi connectivity index (χ1n) is 12.1. The zero-order valence-corrected chi connectivity index (χ0v) is 21.2. The van der Waals surface area contributed by atoms with Gasteiger partial charge in [-0.2, -0.15) is 0 Å². The first kappa shape index (κ1) is 24.2. The average molecular weight is 459 g/mol. The van der Waals surface area contributed by atoms with E-state index in [1.54, 1.807) is 20.8 Å². The maximum absolute atomic E-state index is 14.3. The summed E-state index contributed by atoms with van der Waals surface area (Å²) in [6, 6.07) is 0. The molecule has 3 unspecified atom stereocenters. The highest BCUT2D eigenvalue weighted by Gasteiger charge is 2.80. The molecule has 0 aliphatic heterocycles. The average Bonchev–Trinajstić information content (AvgIpc) is 2.99. The highest BCUT2D eigenvalue weighted by molar-refractivity contribution is 5.94. The van der Waals surface area contributed by atoms with Crippen molar-refractivity contribution in [3.63, 3.8) is 0 Å². The molecule has 2 saturated carbocycles. The molecule has 182 valence electrons. The first-order valence-corrected chi connectivity index (χ1v) is 12.1. The standard InChI is InChI=1S/C27H38O6/c1-14-9-19-20(29)17(13-32-23(31)24(4,5)6)10-18-21-25(7,8)27(21,33-16(3)28)12-15(2)26(19,11-14)22(18)30/h10-11,15,18-21,29H,9,12-13H2,1-8H3/t15?,18-,19-,20?,21+,26?,27-/m0/s1. The van der Waals surface area contributed by atoms with Gasteiger partial charge in [0, 0.05) is 30.1 Å². The lowest BCUT2D eigenvalue weighted by atomic mass is 9.62. The number of aliphatic hydroxyl groups excluding tert-OH is 1. The van der Waals surface area contributed by atoms with E-state index in [0.29, 0.717) is 18.4 Å². The Balaban J connectivity index is 1.82. The monoisotopic (exact) mass is 458 g/mol. The second kappa shape index (κ2) is 7.27. The highest BCUT2D eigenvalue weighted by atomic mass is 16.6. The van der Waals surface area contributed by atoms with Crippen molar-refractivity contribution in [2.45, 2.75) is 79.9 Å². The number of rotatable bonds is 3. The van der Waals surface area contributed by atoms with Crippen LogP contribution in [0.1, 0.15) is 68.2 Å². The van der Waals surface area contributed by atoms with Crippen LogP contribution in [0.5, 0.6) is 0 Å². The van der Waals surface area contributed by atoms with Crippen LogP contribution in [-0.4, -0.2) is 41.1 Å². The predicted molar refractivity (Wildman–Crippen MR) is 123 cm³/mol. The van der Waals surface area contributed by atoms with Gasteiger partial charge in [-0.25, -0.2) is 0 Å². The number of ether oxygens (including phenoxy) is 2. The Morgan fingerprint density at radius 3 is 2.45 bits per heavy atom. The number of esters is 2. The second-order valence-electron chi connectivity index (χ2n) is 12.4. The van der Waals surface area contributed by atoms with Crippen molar-refractivity contribution in [1.29, 1.82) is 0 Å². The number of Topliss-reactive ketones (excluding diaryl/α,β-unsaturated/α-hetero) is 1. The van der Waals surface area contributed by atoms with Gasteiger partial charge in [-0.3, -0.25) is 14.4 Å². The largest absolute Gasteiger partial charge is 0.461 e. The molecule has 4 aliphatic rings. The van der Waals surface area contributed by atoms with Crippen molar-refractivity contribution >= 4 is 17.7 Å². The van der Waals surface area contributed by atoms with E-state index in [1.165, 1.54) is 6.92 Å². The van der Waals surface area contributed by atoms with Crippen molar-refractivity contribution in [2.24, 2.45) is 39.9 Å². The fourth-order valence-corrected chi connectivity index (χ4v) is 7.27. The highest BCUT2D eigenvalue weighted by Crippen LogP contribution is 2.74. The zero-order chi connectivity index (χ0) is 24.7. The van der Waals surface area contributed by atoms with Crippen LogP contribution in [0.2, 0.25) is 0 Å². The van der Waals surface area contributed by atoms with Gasteiger partial charge in [0.25, 0.3) is 0 Å². The van der Waals surface area contributed by atoms with E-state index in [-0.39, 0.29) is 47.5 Å². The number of hydrogen-bond donors (Lipinski definition) is 1. The molecule has 7 atom stereocenters. The van der Waals surface area contributed by atoms with Gasteiger partial charge in [-0.05, 0) is 52.0 Å².